The molecule has 44 heavy (non-hydrogen) atoms. The number of anilines is 1. The Morgan fingerprint density at radius 3 is 2.48 bits per heavy atom. The number of carbonyl (C=O) groups excluding carboxylic acids is 1. The minimum atomic E-state index is -4.80. The highest BCUT2D eigenvalue weighted by Gasteiger charge is 2.44. The third-order valence-electron chi connectivity index (χ3n) is 7.02. The third kappa shape index (κ3) is 5.37. The van der Waals surface area contributed by atoms with E-state index in [4.69, 9.17) is 9.84 Å². The first-order valence-corrected chi connectivity index (χ1v) is 13.0. The maximum Gasteiger partial charge on any atom is 0.586 e. The van der Waals surface area contributed by atoms with Crippen molar-refractivity contribution in [1.29, 1.82) is 0 Å². The number of aromatic nitrogens is 2. The fourth-order valence-corrected chi connectivity index (χ4v) is 4.98. The van der Waals surface area contributed by atoms with Crippen molar-refractivity contribution in [2.24, 2.45) is 0 Å². The van der Waals surface area contributed by atoms with Gasteiger partial charge in [0.2, 0.25) is 0 Å². The van der Waals surface area contributed by atoms with Crippen molar-refractivity contribution >= 4 is 17.6 Å². The van der Waals surface area contributed by atoms with E-state index in [9.17, 15) is 31.5 Å². The van der Waals surface area contributed by atoms with E-state index in [1.165, 1.54) is 73.8 Å². The summed E-state index contributed by atoms with van der Waals surface area (Å²) in [4.78, 5) is 25.8. The highest BCUT2D eigenvalue weighted by Crippen LogP contribution is 2.43. The number of ether oxygens (including phenoxy) is 3. The number of nitrogens with one attached hydrogen (secondary N) is 1. The molecular formula is C29H21F5N4O6. The second-order valence-electron chi connectivity index (χ2n) is 9.90. The largest absolute Gasteiger partial charge is 0.586 e. The zero-order valence-electron chi connectivity index (χ0n) is 22.6. The van der Waals surface area contributed by atoms with Crippen LogP contribution >= 0.6 is 0 Å². The van der Waals surface area contributed by atoms with Crippen LogP contribution < -0.4 is 24.4 Å². The molecule has 1 amide bonds. The normalized spacial score (nSPS) is 16.7. The van der Waals surface area contributed by atoms with Crippen LogP contribution in [0.4, 0.5) is 27.6 Å². The molecule has 1 aromatic heterocycles. The molecule has 1 unspecified atom stereocenters. The van der Waals surface area contributed by atoms with Crippen LogP contribution in [-0.2, 0) is 12.7 Å². The maximum atomic E-state index is 14.1. The molecule has 6 rings (SSSR count). The van der Waals surface area contributed by atoms with Crippen LogP contribution in [0.3, 0.4) is 0 Å². The number of aromatic carboxylic acids is 1. The fraction of sp³-hybridized carbons (Fsp3) is 0.207. The first-order valence-electron chi connectivity index (χ1n) is 13.0. The number of amides is 1. The molecule has 2 aliphatic rings. The van der Waals surface area contributed by atoms with Crippen molar-refractivity contribution in [2.45, 2.75) is 25.1 Å². The SMILES string of the molecule is CN(C(=O)c1cccc(-n2nc(C(F)(F)F)c3c2C(Oc2ccc(C(=O)O)cc2)CNC3)c1)c1ccc2c(c1)OC(F)(F)O2. The summed E-state index contributed by atoms with van der Waals surface area (Å²) in [7, 11) is 1.40. The van der Waals surface area contributed by atoms with E-state index in [0.717, 1.165) is 9.58 Å². The number of carboxylic acids is 1. The molecule has 0 saturated heterocycles. The molecule has 15 heteroatoms. The lowest BCUT2D eigenvalue weighted by atomic mass is 10.0. The summed E-state index contributed by atoms with van der Waals surface area (Å²) in [5.74, 6) is -1.98. The predicted molar refractivity (Wildman–Crippen MR) is 142 cm³/mol. The number of hydrogen-bond donors (Lipinski definition) is 2. The molecule has 0 fully saturated rings. The van der Waals surface area contributed by atoms with Gasteiger partial charge in [-0.15, -0.1) is 8.78 Å². The van der Waals surface area contributed by atoms with Crippen molar-refractivity contribution in [1.82, 2.24) is 15.1 Å². The Morgan fingerprint density at radius 2 is 1.77 bits per heavy atom. The van der Waals surface area contributed by atoms with Gasteiger partial charge in [0.05, 0.1) is 16.9 Å². The molecular weight excluding hydrogens is 595 g/mol. The average Bonchev–Trinajstić information content (AvgIpc) is 3.53. The molecule has 2 N–H and O–H groups in total. The van der Waals surface area contributed by atoms with Gasteiger partial charge in [-0.05, 0) is 54.6 Å². The molecule has 0 aliphatic carbocycles. The van der Waals surface area contributed by atoms with Crippen molar-refractivity contribution in [3.8, 4) is 22.9 Å². The molecule has 10 nitrogen and oxygen atoms in total. The van der Waals surface area contributed by atoms with Crippen LogP contribution in [0.25, 0.3) is 5.69 Å². The van der Waals surface area contributed by atoms with Crippen LogP contribution in [0, 0.1) is 0 Å². The van der Waals surface area contributed by atoms with Crippen molar-refractivity contribution in [3.63, 3.8) is 0 Å². The second-order valence-corrected chi connectivity index (χ2v) is 9.90. The maximum absolute atomic E-state index is 14.1. The van der Waals surface area contributed by atoms with Gasteiger partial charge in [0.1, 0.15) is 5.75 Å². The lowest BCUT2D eigenvalue weighted by Crippen LogP contribution is -2.33. The highest BCUT2D eigenvalue weighted by atomic mass is 19.4. The Balaban J connectivity index is 1.34. The van der Waals surface area contributed by atoms with Gasteiger partial charge in [-0.1, -0.05) is 6.07 Å². The van der Waals surface area contributed by atoms with Gasteiger partial charge in [0.25, 0.3) is 5.91 Å². The van der Waals surface area contributed by atoms with Crippen molar-refractivity contribution in [2.75, 3.05) is 18.5 Å². The number of carbonyl (C=O) groups is 2. The number of hydrogen-bond acceptors (Lipinski definition) is 7. The number of fused-ring (bicyclic) bond motifs is 2. The summed E-state index contributed by atoms with van der Waals surface area (Å²) in [5.41, 5.74) is -0.742. The Labute approximate surface area is 245 Å². The second kappa shape index (κ2) is 10.5. The molecule has 0 bridgehead atoms. The minimum absolute atomic E-state index is 0.00865. The number of halogens is 5. The van der Waals surface area contributed by atoms with Gasteiger partial charge >= 0.3 is 18.4 Å². The molecule has 1 atom stereocenters. The molecule has 3 heterocycles. The molecule has 4 aromatic rings. The lowest BCUT2D eigenvalue weighted by Gasteiger charge is -2.26. The third-order valence-corrected chi connectivity index (χ3v) is 7.02. The molecule has 3 aromatic carbocycles. The smallest absolute Gasteiger partial charge is 0.483 e. The van der Waals surface area contributed by atoms with E-state index in [-0.39, 0.29) is 64.1 Å². The van der Waals surface area contributed by atoms with Gasteiger partial charge in [0, 0.05) is 43.0 Å². The van der Waals surface area contributed by atoms with Crippen LogP contribution in [0.5, 0.6) is 17.2 Å². The molecule has 2 aliphatic heterocycles. The standard InChI is InChI=1S/C29H21F5N4O6/c1-37(17-7-10-21-22(12-17)44-29(33,34)43-21)26(39)16-3-2-4-18(11-16)38-24-20(25(36-38)28(30,31)32)13-35-14-23(24)42-19-8-5-15(6-9-19)27(40)41/h2-12,23,35H,13-14H2,1H3,(H,40,41). The first-order chi connectivity index (χ1) is 20.8. The predicted octanol–water partition coefficient (Wildman–Crippen LogP) is 5.41. The van der Waals surface area contributed by atoms with Gasteiger partial charge in [0.15, 0.2) is 23.3 Å². The van der Waals surface area contributed by atoms with Gasteiger partial charge in [-0.25, -0.2) is 9.48 Å². The molecule has 0 radical (unpaired) electrons. The summed E-state index contributed by atoms with van der Waals surface area (Å²) in [6, 6.07) is 15.0. The Kier molecular flexibility index (Phi) is 6.91. The van der Waals surface area contributed by atoms with E-state index in [2.05, 4.69) is 19.9 Å². The topological polar surface area (TPSA) is 115 Å². The van der Waals surface area contributed by atoms with Gasteiger partial charge in [-0.3, -0.25) is 4.79 Å². The van der Waals surface area contributed by atoms with Crippen LogP contribution in [0.1, 0.15) is 43.8 Å². The summed E-state index contributed by atoms with van der Waals surface area (Å²) in [6.07, 6.45) is -9.60. The number of carboxylic acid groups (broad SMARTS) is 1. The van der Waals surface area contributed by atoms with E-state index in [1.54, 1.807) is 0 Å². The minimum Gasteiger partial charge on any atom is -0.483 e. The Morgan fingerprint density at radius 1 is 1.05 bits per heavy atom. The van der Waals surface area contributed by atoms with Crippen LogP contribution in [0.15, 0.2) is 66.7 Å². The monoisotopic (exact) mass is 616 g/mol. The van der Waals surface area contributed by atoms with Crippen LogP contribution in [-0.4, -0.2) is 46.7 Å². The van der Waals surface area contributed by atoms with Crippen LogP contribution in [0.2, 0.25) is 0 Å². The van der Waals surface area contributed by atoms with Crippen molar-refractivity contribution in [3.05, 3.63) is 94.8 Å². The summed E-state index contributed by atoms with van der Waals surface area (Å²) < 4.78 is 85.1. The molecule has 228 valence electrons. The van der Waals surface area contributed by atoms with Gasteiger partial charge in [-0.2, -0.15) is 18.3 Å². The number of nitrogens with zero attached hydrogens (tertiary/aromatic N) is 3. The van der Waals surface area contributed by atoms with E-state index in [1.807, 2.05) is 0 Å². The average molecular weight is 616 g/mol. The number of benzene rings is 3. The van der Waals surface area contributed by atoms with Crippen molar-refractivity contribution < 1.29 is 50.9 Å². The lowest BCUT2D eigenvalue weighted by molar-refractivity contribution is -0.286. The van der Waals surface area contributed by atoms with E-state index < -0.39 is 36.1 Å². The quantitative estimate of drug-likeness (QED) is 0.277. The molecule has 0 spiro atoms. The summed E-state index contributed by atoms with van der Waals surface area (Å²) in [5, 5.41) is 15.9. The zero-order valence-corrected chi connectivity index (χ0v) is 22.6. The number of alkyl halides is 5. The fourth-order valence-electron chi connectivity index (χ4n) is 4.98. The van der Waals surface area contributed by atoms with E-state index >= 15 is 0 Å². The molecule has 0 saturated carbocycles. The Bertz CT molecular complexity index is 1770. The summed E-state index contributed by atoms with van der Waals surface area (Å²) in [6.45, 7) is -0.0340. The first kappa shape index (κ1) is 28.9. The Hall–Kier alpha value is -5.18. The summed E-state index contributed by atoms with van der Waals surface area (Å²) >= 11 is 0. The van der Waals surface area contributed by atoms with E-state index in [0.29, 0.717) is 0 Å². The zero-order chi connectivity index (χ0) is 31.4. The number of rotatable bonds is 6. The highest BCUT2D eigenvalue weighted by molar-refractivity contribution is 6.06. The van der Waals surface area contributed by atoms with Gasteiger partial charge < -0.3 is 29.5 Å².